The molecule has 1 heterocycles. The van der Waals surface area contributed by atoms with Crippen LogP contribution in [0.3, 0.4) is 0 Å². The topological polar surface area (TPSA) is 71.5 Å². The monoisotopic (exact) mass is 309 g/mol. The molecule has 21 heavy (non-hydrogen) atoms. The molecular formula is C15H19NO4S. The third-order valence-corrected chi connectivity index (χ3v) is 5.41. The predicted molar refractivity (Wildman–Crippen MR) is 78.2 cm³/mol. The van der Waals surface area contributed by atoms with Crippen molar-refractivity contribution in [1.82, 2.24) is 4.31 Å². The highest BCUT2D eigenvalue weighted by molar-refractivity contribution is 7.89. The number of carbonyl (C=O) groups is 2. The van der Waals surface area contributed by atoms with Crippen LogP contribution in [0.15, 0.2) is 29.2 Å². The second-order valence-corrected chi connectivity index (χ2v) is 7.14. The van der Waals surface area contributed by atoms with Crippen LogP contribution in [-0.4, -0.2) is 31.0 Å². The van der Waals surface area contributed by atoms with Crippen molar-refractivity contribution in [3.63, 3.8) is 0 Å². The Hall–Kier alpha value is -1.69. The minimum atomic E-state index is -3.88. The second kappa shape index (κ2) is 6.39. The van der Waals surface area contributed by atoms with Crippen molar-refractivity contribution in [2.75, 3.05) is 6.54 Å². The van der Waals surface area contributed by atoms with E-state index < -0.39 is 15.9 Å². The molecule has 0 unspecified atom stereocenters. The zero-order valence-electron chi connectivity index (χ0n) is 12.0. The van der Waals surface area contributed by atoms with Gasteiger partial charge in [0.15, 0.2) is 0 Å². The molecule has 0 saturated carbocycles. The Morgan fingerprint density at radius 2 is 1.57 bits per heavy atom. The summed E-state index contributed by atoms with van der Waals surface area (Å²) >= 11 is 0. The molecule has 1 aromatic carbocycles. The molecule has 0 spiro atoms. The molecule has 114 valence electrons. The van der Waals surface area contributed by atoms with Crippen LogP contribution in [-0.2, 0) is 19.6 Å². The number of nitrogens with zero attached hydrogens (tertiary/aromatic N) is 1. The second-order valence-electron chi connectivity index (χ2n) is 5.28. The van der Waals surface area contributed by atoms with E-state index in [1.807, 2.05) is 6.92 Å². The highest BCUT2D eigenvalue weighted by Gasteiger charge is 2.29. The summed E-state index contributed by atoms with van der Waals surface area (Å²) in [5, 5.41) is 0. The van der Waals surface area contributed by atoms with Crippen molar-refractivity contribution < 1.29 is 18.0 Å². The van der Waals surface area contributed by atoms with Crippen molar-refractivity contribution in [2.24, 2.45) is 0 Å². The zero-order chi connectivity index (χ0) is 15.5. The number of Topliss-reactive ketones (excluding diaryl/α,β-unsaturated/α-hetero) is 1. The minimum absolute atomic E-state index is 0.00815. The van der Waals surface area contributed by atoms with Gasteiger partial charge in [0, 0.05) is 25.8 Å². The van der Waals surface area contributed by atoms with Crippen molar-refractivity contribution in [2.45, 2.75) is 43.9 Å². The van der Waals surface area contributed by atoms with Crippen LogP contribution in [0.2, 0.25) is 0 Å². The average Bonchev–Trinajstić information content (AvgIpc) is 2.51. The molecule has 0 N–H and O–H groups in total. The lowest BCUT2D eigenvalue weighted by Gasteiger charge is -2.21. The molecule has 0 aliphatic carbocycles. The van der Waals surface area contributed by atoms with E-state index >= 15 is 0 Å². The molecule has 1 aliphatic rings. The standard InChI is InChI=1S/C15H19NO4S/c1-12-6-8-14(9-7-12)21(19,20)16-11-10-13(17)4-2-3-5-15(16)18/h6-9H,2-5,10-11H2,1H3. The number of sulfonamides is 1. The first-order valence-corrected chi connectivity index (χ1v) is 8.49. The van der Waals surface area contributed by atoms with E-state index in [1.165, 1.54) is 12.1 Å². The Bertz CT molecular complexity index is 634. The fourth-order valence-electron chi connectivity index (χ4n) is 2.29. The number of ketones is 1. The van der Waals surface area contributed by atoms with Gasteiger partial charge in [0.2, 0.25) is 5.91 Å². The quantitative estimate of drug-likeness (QED) is 0.838. The van der Waals surface area contributed by atoms with Gasteiger partial charge in [-0.15, -0.1) is 0 Å². The molecule has 0 radical (unpaired) electrons. The Balaban J connectivity index is 2.32. The molecule has 6 heteroatoms. The van der Waals surface area contributed by atoms with E-state index in [-0.39, 0.29) is 30.1 Å². The van der Waals surface area contributed by atoms with E-state index in [4.69, 9.17) is 0 Å². The molecule has 2 rings (SSSR count). The van der Waals surface area contributed by atoms with E-state index in [0.717, 1.165) is 9.87 Å². The van der Waals surface area contributed by atoms with Crippen LogP contribution >= 0.6 is 0 Å². The van der Waals surface area contributed by atoms with Gasteiger partial charge in [0.1, 0.15) is 5.78 Å². The maximum Gasteiger partial charge on any atom is 0.266 e. The summed E-state index contributed by atoms with van der Waals surface area (Å²) in [5.41, 5.74) is 0.944. The Labute approximate surface area is 125 Å². The number of aryl methyl sites for hydroxylation is 1. The highest BCUT2D eigenvalue weighted by atomic mass is 32.2. The fraction of sp³-hybridized carbons (Fsp3) is 0.467. The van der Waals surface area contributed by atoms with Gasteiger partial charge in [-0.3, -0.25) is 9.59 Å². The number of benzene rings is 1. The summed E-state index contributed by atoms with van der Waals surface area (Å²) in [5.74, 6) is -0.418. The van der Waals surface area contributed by atoms with Crippen LogP contribution in [0.25, 0.3) is 0 Å². The highest BCUT2D eigenvalue weighted by Crippen LogP contribution is 2.20. The van der Waals surface area contributed by atoms with Crippen LogP contribution in [0.4, 0.5) is 0 Å². The molecule has 1 fully saturated rings. The first-order chi connectivity index (χ1) is 9.91. The van der Waals surface area contributed by atoms with Crippen LogP contribution in [0.1, 0.15) is 37.7 Å². The number of amides is 1. The Morgan fingerprint density at radius 1 is 0.952 bits per heavy atom. The van der Waals surface area contributed by atoms with Crippen molar-refractivity contribution >= 4 is 21.7 Å². The zero-order valence-corrected chi connectivity index (χ0v) is 12.9. The summed E-state index contributed by atoms with van der Waals surface area (Å²) in [6, 6.07) is 6.37. The maximum absolute atomic E-state index is 12.6. The summed E-state index contributed by atoms with van der Waals surface area (Å²) in [4.78, 5) is 23.9. The Morgan fingerprint density at radius 3 is 2.24 bits per heavy atom. The van der Waals surface area contributed by atoms with E-state index in [0.29, 0.717) is 19.3 Å². The van der Waals surface area contributed by atoms with Gasteiger partial charge in [-0.05, 0) is 31.9 Å². The lowest BCUT2D eigenvalue weighted by Crippen LogP contribution is -2.37. The summed E-state index contributed by atoms with van der Waals surface area (Å²) in [6.45, 7) is 1.80. The van der Waals surface area contributed by atoms with E-state index in [2.05, 4.69) is 0 Å². The fourth-order valence-corrected chi connectivity index (χ4v) is 3.72. The average molecular weight is 309 g/mol. The van der Waals surface area contributed by atoms with Crippen molar-refractivity contribution in [1.29, 1.82) is 0 Å². The molecule has 0 aromatic heterocycles. The summed E-state index contributed by atoms with van der Waals surface area (Å²) < 4.78 is 26.0. The van der Waals surface area contributed by atoms with Gasteiger partial charge in [-0.1, -0.05) is 17.7 Å². The van der Waals surface area contributed by atoms with Gasteiger partial charge in [0.05, 0.1) is 4.90 Å². The number of rotatable bonds is 2. The SMILES string of the molecule is Cc1ccc(S(=O)(=O)N2CCC(=O)CCCCC2=O)cc1. The number of carbonyl (C=O) groups excluding carboxylic acids is 2. The van der Waals surface area contributed by atoms with Gasteiger partial charge in [-0.2, -0.15) is 0 Å². The van der Waals surface area contributed by atoms with Crippen LogP contribution < -0.4 is 0 Å². The number of hydrogen-bond acceptors (Lipinski definition) is 4. The van der Waals surface area contributed by atoms with Gasteiger partial charge >= 0.3 is 0 Å². The lowest BCUT2D eigenvalue weighted by atomic mass is 10.1. The van der Waals surface area contributed by atoms with E-state index in [1.54, 1.807) is 12.1 Å². The molecule has 0 bridgehead atoms. The van der Waals surface area contributed by atoms with Gasteiger partial charge in [-0.25, -0.2) is 12.7 Å². The molecule has 1 aliphatic heterocycles. The molecule has 5 nitrogen and oxygen atoms in total. The van der Waals surface area contributed by atoms with Crippen LogP contribution in [0.5, 0.6) is 0 Å². The maximum atomic E-state index is 12.6. The molecular weight excluding hydrogens is 290 g/mol. The van der Waals surface area contributed by atoms with Gasteiger partial charge in [0.25, 0.3) is 10.0 Å². The smallest absolute Gasteiger partial charge is 0.266 e. The van der Waals surface area contributed by atoms with Gasteiger partial charge < -0.3 is 0 Å². The number of hydrogen-bond donors (Lipinski definition) is 0. The van der Waals surface area contributed by atoms with E-state index in [9.17, 15) is 18.0 Å². The summed E-state index contributed by atoms with van der Waals surface area (Å²) in [6.07, 6.45) is 1.87. The largest absolute Gasteiger partial charge is 0.300 e. The molecule has 1 aromatic rings. The molecule has 1 saturated heterocycles. The third-order valence-electron chi connectivity index (χ3n) is 3.58. The first kappa shape index (κ1) is 15.7. The first-order valence-electron chi connectivity index (χ1n) is 7.05. The van der Waals surface area contributed by atoms with Crippen molar-refractivity contribution in [3.05, 3.63) is 29.8 Å². The Kier molecular flexibility index (Phi) is 4.77. The minimum Gasteiger partial charge on any atom is -0.300 e. The molecule has 1 amide bonds. The normalized spacial score (nSPS) is 18.0. The molecule has 0 atom stereocenters. The predicted octanol–water partition coefficient (Wildman–Crippen LogP) is 2.05. The van der Waals surface area contributed by atoms with Crippen molar-refractivity contribution in [3.8, 4) is 0 Å². The summed E-state index contributed by atoms with van der Waals surface area (Å²) in [7, 11) is -3.88. The van der Waals surface area contributed by atoms with Crippen LogP contribution in [0, 0.1) is 6.92 Å². The third kappa shape index (κ3) is 3.69. The lowest BCUT2D eigenvalue weighted by molar-refractivity contribution is -0.126.